The van der Waals surface area contributed by atoms with E-state index < -0.39 is 9.73 Å². The highest BCUT2D eigenvalue weighted by Gasteiger charge is 1.92. The number of halogens is 1. The van der Waals surface area contributed by atoms with Crippen molar-refractivity contribution >= 4 is 31.3 Å². The number of rotatable bonds is 1. The van der Waals surface area contributed by atoms with Crippen molar-refractivity contribution < 1.29 is 4.21 Å². The molecule has 0 aromatic heterocycles. The van der Waals surface area contributed by atoms with Crippen LogP contribution in [0.15, 0.2) is 33.1 Å². The van der Waals surface area contributed by atoms with E-state index in [-0.39, 0.29) is 0 Å². The predicted molar refractivity (Wildman–Crippen MR) is 56.2 cm³/mol. The Bertz CT molecular complexity index is 369. The van der Waals surface area contributed by atoms with Crippen molar-refractivity contribution in [3.63, 3.8) is 0 Å². The van der Waals surface area contributed by atoms with Crippen molar-refractivity contribution in [3.8, 4) is 0 Å². The molecule has 1 aromatic rings. The Kier molecular flexibility index (Phi) is 2.90. The lowest BCUT2D eigenvalue weighted by atomic mass is 10.3. The molecule has 0 heterocycles. The van der Waals surface area contributed by atoms with Gasteiger partial charge < -0.3 is 0 Å². The zero-order valence-corrected chi connectivity index (χ0v) is 9.35. The number of nitrogens with zero attached hydrogens (tertiary/aromatic N) is 1. The first-order valence-corrected chi connectivity index (χ1v) is 6.52. The van der Waals surface area contributed by atoms with E-state index in [9.17, 15) is 4.21 Å². The Balaban J connectivity index is 3.08. The van der Waals surface area contributed by atoms with Gasteiger partial charge in [-0.15, -0.1) is 0 Å². The number of benzene rings is 1. The van der Waals surface area contributed by atoms with Gasteiger partial charge in [0.05, 0.1) is 5.69 Å². The van der Waals surface area contributed by atoms with Gasteiger partial charge in [-0.2, -0.15) is 4.36 Å². The minimum absolute atomic E-state index is 0.758. The molecule has 0 aliphatic carbocycles. The van der Waals surface area contributed by atoms with Gasteiger partial charge in [-0.1, -0.05) is 15.9 Å². The molecule has 66 valence electrons. The van der Waals surface area contributed by atoms with Crippen molar-refractivity contribution in [1.82, 2.24) is 0 Å². The van der Waals surface area contributed by atoms with Gasteiger partial charge in [-0.3, -0.25) is 0 Å². The van der Waals surface area contributed by atoms with Crippen molar-refractivity contribution in [2.45, 2.75) is 0 Å². The van der Waals surface area contributed by atoms with Crippen LogP contribution >= 0.6 is 15.9 Å². The quantitative estimate of drug-likeness (QED) is 0.751. The highest BCUT2D eigenvalue weighted by Crippen LogP contribution is 2.17. The van der Waals surface area contributed by atoms with Crippen LogP contribution in [-0.4, -0.2) is 16.7 Å². The lowest BCUT2D eigenvalue weighted by molar-refractivity contribution is 0.684. The van der Waals surface area contributed by atoms with Crippen LogP contribution in [-0.2, 0) is 9.73 Å². The highest BCUT2D eigenvalue weighted by atomic mass is 79.9. The molecule has 0 bridgehead atoms. The first-order chi connectivity index (χ1) is 5.47. The Morgan fingerprint density at radius 2 is 1.75 bits per heavy atom. The summed E-state index contributed by atoms with van der Waals surface area (Å²) < 4.78 is 16.3. The van der Waals surface area contributed by atoms with Gasteiger partial charge in [0.25, 0.3) is 0 Å². The molecule has 0 unspecified atom stereocenters. The maximum absolute atomic E-state index is 11.3. The topological polar surface area (TPSA) is 29.4 Å². The predicted octanol–water partition coefficient (Wildman–Crippen LogP) is 2.81. The Hall–Kier alpha value is -0.350. The summed E-state index contributed by atoms with van der Waals surface area (Å²) in [6, 6.07) is 7.42. The van der Waals surface area contributed by atoms with Crippen LogP contribution in [0.1, 0.15) is 0 Å². The van der Waals surface area contributed by atoms with Crippen LogP contribution in [0.4, 0.5) is 5.69 Å². The van der Waals surface area contributed by atoms with Gasteiger partial charge in [0, 0.05) is 26.7 Å². The zero-order chi connectivity index (χ0) is 9.19. The van der Waals surface area contributed by atoms with Crippen LogP contribution in [0.2, 0.25) is 0 Å². The molecule has 0 aliphatic rings. The Morgan fingerprint density at radius 1 is 1.25 bits per heavy atom. The summed E-state index contributed by atoms with van der Waals surface area (Å²) in [5.74, 6) is 0. The fourth-order valence-corrected chi connectivity index (χ4v) is 1.65. The van der Waals surface area contributed by atoms with Crippen LogP contribution in [0, 0.1) is 0 Å². The second-order valence-electron chi connectivity index (χ2n) is 2.75. The van der Waals surface area contributed by atoms with E-state index in [0.29, 0.717) is 0 Å². The largest absolute Gasteiger partial charge is 0.250 e. The highest BCUT2D eigenvalue weighted by molar-refractivity contribution is 9.10. The van der Waals surface area contributed by atoms with Gasteiger partial charge in [0.1, 0.15) is 0 Å². The maximum atomic E-state index is 11.3. The number of hydrogen-bond donors (Lipinski definition) is 0. The molecular weight excluding hydrogens is 238 g/mol. The van der Waals surface area contributed by atoms with E-state index in [2.05, 4.69) is 20.3 Å². The molecule has 1 rings (SSSR count). The molecule has 0 saturated carbocycles. The second-order valence-corrected chi connectivity index (χ2v) is 6.21. The molecule has 0 aliphatic heterocycles. The van der Waals surface area contributed by atoms with Gasteiger partial charge >= 0.3 is 0 Å². The van der Waals surface area contributed by atoms with Crippen molar-refractivity contribution in [2.75, 3.05) is 12.5 Å². The Morgan fingerprint density at radius 3 is 2.17 bits per heavy atom. The van der Waals surface area contributed by atoms with E-state index in [1.165, 1.54) is 0 Å². The fourth-order valence-electron chi connectivity index (χ4n) is 0.756. The first kappa shape index (κ1) is 9.74. The molecule has 0 atom stereocenters. The van der Waals surface area contributed by atoms with Gasteiger partial charge in [-0.05, 0) is 24.3 Å². The molecule has 0 fully saturated rings. The lowest BCUT2D eigenvalue weighted by Gasteiger charge is -1.95. The van der Waals surface area contributed by atoms with Crippen molar-refractivity contribution in [3.05, 3.63) is 28.7 Å². The van der Waals surface area contributed by atoms with Crippen LogP contribution < -0.4 is 0 Å². The zero-order valence-electron chi connectivity index (χ0n) is 6.95. The van der Waals surface area contributed by atoms with E-state index in [4.69, 9.17) is 0 Å². The minimum Gasteiger partial charge on any atom is -0.250 e. The van der Waals surface area contributed by atoms with Crippen LogP contribution in [0.3, 0.4) is 0 Å². The average Bonchev–Trinajstić information content (AvgIpc) is 1.91. The summed E-state index contributed by atoms with van der Waals surface area (Å²) in [5, 5.41) is 0. The molecule has 0 radical (unpaired) electrons. The number of hydrogen-bond acceptors (Lipinski definition) is 2. The average molecular weight is 248 g/mol. The molecule has 12 heavy (non-hydrogen) atoms. The molecule has 0 spiro atoms. The van der Waals surface area contributed by atoms with Crippen molar-refractivity contribution in [1.29, 1.82) is 0 Å². The third kappa shape index (κ3) is 3.36. The minimum atomic E-state index is -2.03. The molecular formula is C8H10BrNOS. The lowest BCUT2D eigenvalue weighted by Crippen LogP contribution is -1.88. The van der Waals surface area contributed by atoms with Crippen LogP contribution in [0.25, 0.3) is 0 Å². The fraction of sp³-hybridized carbons (Fsp3) is 0.250. The van der Waals surface area contributed by atoms with E-state index in [0.717, 1.165) is 10.2 Å². The summed E-state index contributed by atoms with van der Waals surface area (Å²) in [7, 11) is -2.03. The summed E-state index contributed by atoms with van der Waals surface area (Å²) >= 11 is 3.31. The van der Waals surface area contributed by atoms with Crippen LogP contribution in [0.5, 0.6) is 0 Å². The monoisotopic (exact) mass is 247 g/mol. The third-order valence-electron chi connectivity index (χ3n) is 1.15. The summed E-state index contributed by atoms with van der Waals surface area (Å²) in [4.78, 5) is 0. The maximum Gasteiger partial charge on any atom is 0.0730 e. The molecule has 0 amide bonds. The molecule has 0 N–H and O–H groups in total. The SMILES string of the molecule is CS(C)(=O)=Nc1ccc(Br)cc1. The molecule has 0 saturated heterocycles. The Labute approximate surface area is 81.3 Å². The molecule has 4 heteroatoms. The van der Waals surface area contributed by atoms with E-state index in [1.54, 1.807) is 12.5 Å². The van der Waals surface area contributed by atoms with Gasteiger partial charge in [0.2, 0.25) is 0 Å². The summed E-state index contributed by atoms with van der Waals surface area (Å²) in [6.07, 6.45) is 3.24. The third-order valence-corrected chi connectivity index (χ3v) is 2.33. The molecule has 1 aromatic carbocycles. The van der Waals surface area contributed by atoms with Crippen molar-refractivity contribution in [2.24, 2.45) is 4.36 Å². The van der Waals surface area contributed by atoms with E-state index >= 15 is 0 Å². The smallest absolute Gasteiger partial charge is 0.0730 e. The van der Waals surface area contributed by atoms with E-state index in [1.807, 2.05) is 24.3 Å². The molecule has 2 nitrogen and oxygen atoms in total. The summed E-state index contributed by atoms with van der Waals surface area (Å²) in [5.41, 5.74) is 0.758. The summed E-state index contributed by atoms with van der Waals surface area (Å²) in [6.45, 7) is 0. The van der Waals surface area contributed by atoms with Gasteiger partial charge in [-0.25, -0.2) is 4.21 Å². The normalized spacial score (nSPS) is 11.2. The second kappa shape index (κ2) is 3.58. The first-order valence-electron chi connectivity index (χ1n) is 3.40. The standard InChI is InChI=1S/C8H10BrNOS/c1-12(2,11)10-8-5-3-7(9)4-6-8/h3-6H,1-2H3. The van der Waals surface area contributed by atoms with Gasteiger partial charge in [0.15, 0.2) is 0 Å².